The SMILES string of the molecule is O=C(CCc1ccc(O)cc1)Oc1ccc(C(=O)O[C@@H]2COC3C2OC[C@H]3OC(=O)c2ccc(OC(=O)CCc3ccc(O)cc3)cc2)cc1. The average Bonchev–Trinajstić information content (AvgIpc) is 3.71. The number of carbonyl (C=O) groups excluding carboxylic acids is 4. The second-order valence-electron chi connectivity index (χ2n) is 11.8. The fourth-order valence-corrected chi connectivity index (χ4v) is 5.54. The number of aryl methyl sites for hydroxylation is 2. The van der Waals surface area contributed by atoms with Crippen LogP contribution in [0.25, 0.3) is 0 Å². The van der Waals surface area contributed by atoms with Crippen molar-refractivity contribution in [3.8, 4) is 23.0 Å². The lowest BCUT2D eigenvalue weighted by atomic mass is 10.1. The maximum Gasteiger partial charge on any atom is 0.338 e. The molecule has 12 heteroatoms. The van der Waals surface area contributed by atoms with E-state index in [0.717, 1.165) is 11.1 Å². The Labute approximate surface area is 287 Å². The molecule has 2 heterocycles. The van der Waals surface area contributed by atoms with Crippen molar-refractivity contribution >= 4 is 23.9 Å². The molecule has 4 atom stereocenters. The van der Waals surface area contributed by atoms with Gasteiger partial charge >= 0.3 is 23.9 Å². The number of hydrogen-bond acceptors (Lipinski definition) is 12. The summed E-state index contributed by atoms with van der Waals surface area (Å²) in [6.07, 6.45) is -1.52. The lowest BCUT2D eigenvalue weighted by Crippen LogP contribution is -2.36. The summed E-state index contributed by atoms with van der Waals surface area (Å²) in [5, 5.41) is 18.8. The van der Waals surface area contributed by atoms with Crippen molar-refractivity contribution < 1.29 is 57.8 Å². The second-order valence-corrected chi connectivity index (χ2v) is 11.8. The second kappa shape index (κ2) is 15.7. The Morgan fingerprint density at radius 1 is 0.540 bits per heavy atom. The molecule has 2 unspecified atom stereocenters. The molecule has 0 saturated carbocycles. The number of esters is 4. The molecular weight excluding hydrogens is 648 g/mol. The quantitative estimate of drug-likeness (QED) is 0.156. The Balaban J connectivity index is 0.929. The summed E-state index contributed by atoms with van der Waals surface area (Å²) in [5.41, 5.74) is 2.26. The molecule has 2 saturated heterocycles. The van der Waals surface area contributed by atoms with Crippen molar-refractivity contribution in [1.82, 2.24) is 0 Å². The molecule has 2 N–H and O–H groups in total. The van der Waals surface area contributed by atoms with Gasteiger partial charge in [0.2, 0.25) is 0 Å². The van der Waals surface area contributed by atoms with Gasteiger partial charge in [-0.25, -0.2) is 9.59 Å². The predicted molar refractivity (Wildman–Crippen MR) is 175 cm³/mol. The number of rotatable bonds is 12. The number of fused-ring (bicyclic) bond motifs is 1. The standard InChI is InChI=1S/C38H34O12/c39-27-11-1-23(2-12-27)5-19-33(41)47-29-15-7-25(8-16-29)37(43)49-31-21-45-36-32(22-46-35(31)36)50-38(44)26-9-17-30(18-10-26)48-34(42)20-6-24-3-13-28(40)14-4-24/h1-4,7-18,31-32,35-36,39-40H,5-6,19-22H2/t31-,32-,35?,36?/m1/s1. The van der Waals surface area contributed by atoms with Gasteiger partial charge in [-0.15, -0.1) is 0 Å². The highest BCUT2D eigenvalue weighted by atomic mass is 16.7. The third kappa shape index (κ3) is 8.84. The smallest absolute Gasteiger partial charge is 0.338 e. The van der Waals surface area contributed by atoms with Crippen LogP contribution in [0, 0.1) is 0 Å². The number of ether oxygens (including phenoxy) is 6. The van der Waals surface area contributed by atoms with Crippen LogP contribution < -0.4 is 9.47 Å². The summed E-state index contributed by atoms with van der Waals surface area (Å²) < 4.78 is 33.6. The van der Waals surface area contributed by atoms with Crippen molar-refractivity contribution in [2.24, 2.45) is 0 Å². The van der Waals surface area contributed by atoms with E-state index in [-0.39, 0.29) is 60.2 Å². The van der Waals surface area contributed by atoms with Crippen molar-refractivity contribution in [2.75, 3.05) is 13.2 Å². The summed E-state index contributed by atoms with van der Waals surface area (Å²) in [5.74, 6) is -1.24. The predicted octanol–water partition coefficient (Wildman–Crippen LogP) is 4.72. The number of aromatic hydroxyl groups is 2. The summed E-state index contributed by atoms with van der Waals surface area (Å²) >= 11 is 0. The molecule has 2 fully saturated rings. The van der Waals surface area contributed by atoms with Gasteiger partial charge in [0.1, 0.15) is 35.2 Å². The fourth-order valence-electron chi connectivity index (χ4n) is 5.54. The van der Waals surface area contributed by atoms with E-state index in [9.17, 15) is 29.4 Å². The maximum atomic E-state index is 12.9. The van der Waals surface area contributed by atoms with Gasteiger partial charge in [-0.05, 0) is 96.8 Å². The number of carbonyl (C=O) groups is 4. The fraction of sp³-hybridized carbons (Fsp3) is 0.263. The molecule has 258 valence electrons. The van der Waals surface area contributed by atoms with Crippen molar-refractivity contribution in [3.05, 3.63) is 119 Å². The summed E-state index contributed by atoms with van der Waals surface area (Å²) in [6, 6.07) is 25.1. The van der Waals surface area contributed by atoms with E-state index in [1.54, 1.807) is 48.5 Å². The van der Waals surface area contributed by atoms with E-state index >= 15 is 0 Å². The summed E-state index contributed by atoms with van der Waals surface area (Å²) in [6.45, 7) is 0.108. The summed E-state index contributed by atoms with van der Waals surface area (Å²) in [4.78, 5) is 50.2. The van der Waals surface area contributed by atoms with Crippen LogP contribution in [0.2, 0.25) is 0 Å². The van der Waals surface area contributed by atoms with Gasteiger partial charge in [0.05, 0.1) is 24.3 Å². The molecule has 0 radical (unpaired) electrons. The average molecular weight is 683 g/mol. The summed E-state index contributed by atoms with van der Waals surface area (Å²) in [7, 11) is 0. The van der Waals surface area contributed by atoms with Crippen LogP contribution in [-0.4, -0.2) is 71.7 Å². The minimum atomic E-state index is -0.725. The normalized spacial score (nSPS) is 19.3. The largest absolute Gasteiger partial charge is 0.508 e. The van der Waals surface area contributed by atoms with Crippen molar-refractivity contribution in [2.45, 2.75) is 50.1 Å². The van der Waals surface area contributed by atoms with E-state index < -0.39 is 48.3 Å². The Morgan fingerprint density at radius 2 is 0.900 bits per heavy atom. The maximum absolute atomic E-state index is 12.9. The highest BCUT2D eigenvalue weighted by Gasteiger charge is 2.51. The van der Waals surface area contributed by atoms with Crippen LogP contribution >= 0.6 is 0 Å². The van der Waals surface area contributed by atoms with E-state index in [4.69, 9.17) is 28.4 Å². The number of phenolic OH excluding ortho intramolecular Hbond substituents is 2. The van der Waals surface area contributed by atoms with E-state index in [1.165, 1.54) is 48.5 Å². The zero-order chi connectivity index (χ0) is 35.0. The number of benzene rings is 4. The Kier molecular flexibility index (Phi) is 10.7. The Hall–Kier alpha value is -5.72. The van der Waals surface area contributed by atoms with Gasteiger partial charge in [-0.1, -0.05) is 24.3 Å². The molecule has 0 aromatic heterocycles. The molecule has 2 aliphatic rings. The van der Waals surface area contributed by atoms with Gasteiger partial charge in [0.15, 0.2) is 12.2 Å². The number of hydrogen-bond donors (Lipinski definition) is 2. The number of phenols is 2. The minimum absolute atomic E-state index is 0.0542. The first kappa shape index (κ1) is 34.2. The Bertz CT molecular complexity index is 1670. The zero-order valence-corrected chi connectivity index (χ0v) is 26.8. The minimum Gasteiger partial charge on any atom is -0.508 e. The molecule has 0 amide bonds. The van der Waals surface area contributed by atoms with Crippen LogP contribution in [0.3, 0.4) is 0 Å². The van der Waals surface area contributed by atoms with E-state index in [0.29, 0.717) is 12.8 Å². The molecule has 12 nitrogen and oxygen atoms in total. The van der Waals surface area contributed by atoms with Crippen LogP contribution in [0.5, 0.6) is 23.0 Å². The van der Waals surface area contributed by atoms with Crippen LogP contribution in [-0.2, 0) is 41.4 Å². The van der Waals surface area contributed by atoms with Crippen LogP contribution in [0.4, 0.5) is 0 Å². The Morgan fingerprint density at radius 3 is 1.26 bits per heavy atom. The van der Waals surface area contributed by atoms with Gasteiger partial charge in [-0.2, -0.15) is 0 Å². The first-order chi connectivity index (χ1) is 24.2. The van der Waals surface area contributed by atoms with Gasteiger partial charge in [0.25, 0.3) is 0 Å². The zero-order valence-electron chi connectivity index (χ0n) is 26.8. The highest BCUT2D eigenvalue weighted by Crippen LogP contribution is 2.32. The highest BCUT2D eigenvalue weighted by molar-refractivity contribution is 5.90. The third-order valence-corrected chi connectivity index (χ3v) is 8.23. The molecule has 6 rings (SSSR count). The van der Waals surface area contributed by atoms with Crippen molar-refractivity contribution in [1.29, 1.82) is 0 Å². The lowest BCUT2D eigenvalue weighted by Gasteiger charge is -2.17. The molecule has 4 aromatic carbocycles. The molecule has 2 aliphatic heterocycles. The molecule has 0 bridgehead atoms. The molecule has 50 heavy (non-hydrogen) atoms. The van der Waals surface area contributed by atoms with Gasteiger partial charge in [-0.3, -0.25) is 9.59 Å². The monoisotopic (exact) mass is 682 g/mol. The lowest BCUT2D eigenvalue weighted by molar-refractivity contribution is -0.135. The van der Waals surface area contributed by atoms with Crippen LogP contribution in [0.1, 0.15) is 44.7 Å². The van der Waals surface area contributed by atoms with Gasteiger partial charge in [0, 0.05) is 12.8 Å². The van der Waals surface area contributed by atoms with E-state index in [1.807, 2.05) is 0 Å². The van der Waals surface area contributed by atoms with Gasteiger partial charge < -0.3 is 38.6 Å². The first-order valence-electron chi connectivity index (χ1n) is 16.0. The first-order valence-corrected chi connectivity index (χ1v) is 16.0. The van der Waals surface area contributed by atoms with E-state index in [2.05, 4.69) is 0 Å². The molecular formula is C38H34O12. The van der Waals surface area contributed by atoms with Crippen LogP contribution in [0.15, 0.2) is 97.1 Å². The third-order valence-electron chi connectivity index (χ3n) is 8.23. The molecule has 0 spiro atoms. The molecule has 0 aliphatic carbocycles. The topological polar surface area (TPSA) is 164 Å². The molecule has 4 aromatic rings. The van der Waals surface area contributed by atoms with Crippen molar-refractivity contribution in [3.63, 3.8) is 0 Å².